The molecule has 2 amide bonds. The van der Waals surface area contributed by atoms with Gasteiger partial charge in [-0.05, 0) is 76.4 Å². The minimum absolute atomic E-state index is 0.120. The van der Waals surface area contributed by atoms with Gasteiger partial charge in [-0.15, -0.1) is 0 Å². The third-order valence-corrected chi connectivity index (χ3v) is 6.58. The van der Waals surface area contributed by atoms with Crippen molar-refractivity contribution in [1.82, 2.24) is 10.6 Å². The van der Waals surface area contributed by atoms with Crippen molar-refractivity contribution in [3.63, 3.8) is 0 Å². The number of amides is 2. The molecule has 3 N–H and O–H groups in total. The molecule has 2 aromatic carbocycles. The molecule has 9 nitrogen and oxygen atoms in total. The van der Waals surface area contributed by atoms with Crippen LogP contribution >= 0.6 is 0 Å². The van der Waals surface area contributed by atoms with Crippen molar-refractivity contribution < 1.29 is 33.7 Å². The number of hydrogen-bond donors (Lipinski definition) is 3. The maximum absolute atomic E-state index is 13.1. The Kier molecular flexibility index (Phi) is 15.4. The van der Waals surface area contributed by atoms with Gasteiger partial charge in [0.15, 0.2) is 0 Å². The summed E-state index contributed by atoms with van der Waals surface area (Å²) in [5.74, 6) is -0.229. The molecular formula is C34H50N2O7. The Labute approximate surface area is 256 Å². The molecule has 0 aromatic heterocycles. The van der Waals surface area contributed by atoms with Gasteiger partial charge in [0.25, 0.3) is 5.91 Å². The number of carboxylic acid groups (broad SMARTS) is 1. The fraction of sp³-hybridized carbons (Fsp3) is 0.559. The number of carbonyl (C=O) groups excluding carboxylic acids is 2. The average molecular weight is 599 g/mol. The average Bonchev–Trinajstić information content (AvgIpc) is 2.95. The van der Waals surface area contributed by atoms with Gasteiger partial charge < -0.3 is 30.0 Å². The summed E-state index contributed by atoms with van der Waals surface area (Å²) in [5.41, 5.74) is 1.11. The van der Waals surface area contributed by atoms with Crippen LogP contribution in [-0.2, 0) is 4.74 Å². The summed E-state index contributed by atoms with van der Waals surface area (Å²) in [6, 6.07) is 9.96. The lowest BCUT2D eigenvalue weighted by Gasteiger charge is -2.19. The zero-order chi connectivity index (χ0) is 31.7. The zero-order valence-corrected chi connectivity index (χ0v) is 26.6. The molecule has 0 atom stereocenters. The molecule has 2 rings (SSSR count). The Morgan fingerprint density at radius 1 is 0.698 bits per heavy atom. The number of rotatable bonds is 19. The fourth-order valence-electron chi connectivity index (χ4n) is 4.33. The molecule has 9 heteroatoms. The van der Waals surface area contributed by atoms with E-state index in [4.69, 9.17) is 14.2 Å². The highest BCUT2D eigenvalue weighted by Crippen LogP contribution is 2.38. The van der Waals surface area contributed by atoms with Crippen LogP contribution in [-0.4, -0.2) is 55.0 Å². The maximum atomic E-state index is 13.1. The Hall–Kier alpha value is -3.75. The van der Waals surface area contributed by atoms with Crippen LogP contribution in [0.1, 0.15) is 113 Å². The molecule has 0 radical (unpaired) electrons. The van der Waals surface area contributed by atoms with E-state index in [0.717, 1.165) is 51.4 Å². The quantitative estimate of drug-likeness (QED) is 0.142. The third kappa shape index (κ3) is 13.4. The van der Waals surface area contributed by atoms with Gasteiger partial charge in [0.05, 0.1) is 18.8 Å². The van der Waals surface area contributed by atoms with Crippen LogP contribution in [0.3, 0.4) is 0 Å². The van der Waals surface area contributed by atoms with E-state index in [1.807, 2.05) is 0 Å². The molecular weight excluding hydrogens is 548 g/mol. The van der Waals surface area contributed by atoms with Crippen LogP contribution in [0.25, 0.3) is 11.1 Å². The number of hydrogen-bond acceptors (Lipinski definition) is 6. The standard InChI is InChI=1S/C34H50N2O7/c1-6-8-10-12-21-41-29-17-15-25(31(37)35-19-14-20-36-33(40)43-34(3,4)5)23-27(29)28-24-26(32(38)39)16-18-30(28)42-22-13-11-9-7-2/h15-18,23-24H,6-14,19-22H2,1-5H3,(H,35,37)(H,36,40)(H,38,39). The van der Waals surface area contributed by atoms with Gasteiger partial charge in [0.2, 0.25) is 0 Å². The van der Waals surface area contributed by atoms with Crippen molar-refractivity contribution in [2.45, 2.75) is 98.0 Å². The van der Waals surface area contributed by atoms with Crippen molar-refractivity contribution in [2.24, 2.45) is 0 Å². The lowest BCUT2D eigenvalue weighted by Crippen LogP contribution is -2.34. The summed E-state index contributed by atoms with van der Waals surface area (Å²) in [6.45, 7) is 11.4. The zero-order valence-electron chi connectivity index (χ0n) is 26.6. The van der Waals surface area contributed by atoms with Crippen molar-refractivity contribution in [3.8, 4) is 22.6 Å². The molecule has 0 heterocycles. The summed E-state index contributed by atoms with van der Waals surface area (Å²) in [5, 5.41) is 15.3. The Morgan fingerprint density at radius 3 is 1.72 bits per heavy atom. The van der Waals surface area contributed by atoms with Gasteiger partial charge in [-0.1, -0.05) is 52.4 Å². The van der Waals surface area contributed by atoms with Crippen molar-refractivity contribution >= 4 is 18.0 Å². The molecule has 2 aromatic rings. The molecule has 0 aliphatic carbocycles. The van der Waals surface area contributed by atoms with E-state index in [-0.39, 0.29) is 11.5 Å². The van der Waals surface area contributed by atoms with E-state index in [2.05, 4.69) is 24.5 Å². The number of nitrogens with one attached hydrogen (secondary N) is 2. The lowest BCUT2D eigenvalue weighted by molar-refractivity contribution is 0.0526. The van der Waals surface area contributed by atoms with Crippen molar-refractivity contribution in [2.75, 3.05) is 26.3 Å². The maximum Gasteiger partial charge on any atom is 0.407 e. The summed E-state index contributed by atoms with van der Waals surface area (Å²) < 4.78 is 17.5. The van der Waals surface area contributed by atoms with Gasteiger partial charge in [0, 0.05) is 29.8 Å². The molecule has 0 saturated carbocycles. The first kappa shape index (κ1) is 35.4. The smallest absolute Gasteiger partial charge is 0.407 e. The second kappa shape index (κ2) is 18.7. The first-order chi connectivity index (χ1) is 20.6. The van der Waals surface area contributed by atoms with E-state index in [1.165, 1.54) is 6.07 Å². The largest absolute Gasteiger partial charge is 0.493 e. The summed E-state index contributed by atoms with van der Waals surface area (Å²) in [6.07, 6.45) is 8.39. The topological polar surface area (TPSA) is 123 Å². The molecule has 43 heavy (non-hydrogen) atoms. The van der Waals surface area contributed by atoms with E-state index in [0.29, 0.717) is 60.9 Å². The second-order valence-corrected chi connectivity index (χ2v) is 11.6. The number of aromatic carboxylic acids is 1. The van der Waals surface area contributed by atoms with E-state index in [1.54, 1.807) is 51.1 Å². The van der Waals surface area contributed by atoms with Crippen molar-refractivity contribution in [3.05, 3.63) is 47.5 Å². The second-order valence-electron chi connectivity index (χ2n) is 11.6. The van der Waals surface area contributed by atoms with Gasteiger partial charge in [-0.2, -0.15) is 0 Å². The number of benzene rings is 2. The number of carbonyl (C=O) groups is 3. The molecule has 0 bridgehead atoms. The van der Waals surface area contributed by atoms with Gasteiger partial charge in [-0.25, -0.2) is 9.59 Å². The fourth-order valence-corrected chi connectivity index (χ4v) is 4.33. The number of ether oxygens (including phenoxy) is 3. The summed E-state index contributed by atoms with van der Waals surface area (Å²) in [7, 11) is 0. The summed E-state index contributed by atoms with van der Waals surface area (Å²) >= 11 is 0. The molecule has 0 unspecified atom stereocenters. The van der Waals surface area contributed by atoms with Gasteiger partial charge in [-0.3, -0.25) is 4.79 Å². The SMILES string of the molecule is CCCCCCOc1ccc(C(=O)O)cc1-c1cc(C(=O)NCCCNC(=O)OC(C)(C)C)ccc1OCCCCCC. The third-order valence-electron chi connectivity index (χ3n) is 6.58. The minimum Gasteiger partial charge on any atom is -0.493 e. The van der Waals surface area contributed by atoms with Crippen LogP contribution in [0.2, 0.25) is 0 Å². The molecule has 0 spiro atoms. The lowest BCUT2D eigenvalue weighted by atomic mass is 9.98. The van der Waals surface area contributed by atoms with Gasteiger partial charge in [0.1, 0.15) is 17.1 Å². The monoisotopic (exact) mass is 598 g/mol. The van der Waals surface area contributed by atoms with Crippen LogP contribution < -0.4 is 20.1 Å². The van der Waals surface area contributed by atoms with Crippen LogP contribution in [0.15, 0.2) is 36.4 Å². The first-order valence-corrected chi connectivity index (χ1v) is 15.6. The number of alkyl carbamates (subject to hydrolysis) is 1. The minimum atomic E-state index is -1.05. The van der Waals surface area contributed by atoms with E-state index < -0.39 is 17.7 Å². The number of carboxylic acids is 1. The molecule has 238 valence electrons. The Balaban J connectivity index is 2.25. The molecule has 0 aliphatic heterocycles. The summed E-state index contributed by atoms with van der Waals surface area (Å²) in [4.78, 5) is 36.8. The normalized spacial score (nSPS) is 11.1. The predicted molar refractivity (Wildman–Crippen MR) is 169 cm³/mol. The van der Waals surface area contributed by atoms with Gasteiger partial charge >= 0.3 is 12.1 Å². The molecule has 0 saturated heterocycles. The Bertz CT molecular complexity index is 1170. The van der Waals surface area contributed by atoms with Crippen LogP contribution in [0.4, 0.5) is 4.79 Å². The van der Waals surface area contributed by atoms with E-state index in [9.17, 15) is 19.5 Å². The Morgan fingerprint density at radius 2 is 1.21 bits per heavy atom. The predicted octanol–water partition coefficient (Wildman–Crippen LogP) is 7.61. The first-order valence-electron chi connectivity index (χ1n) is 15.6. The van der Waals surface area contributed by atoms with E-state index >= 15 is 0 Å². The highest BCUT2D eigenvalue weighted by molar-refractivity contribution is 5.97. The number of unbranched alkanes of at least 4 members (excludes halogenated alkanes) is 6. The highest BCUT2D eigenvalue weighted by Gasteiger charge is 2.19. The highest BCUT2D eigenvalue weighted by atomic mass is 16.6. The van der Waals surface area contributed by atoms with Crippen LogP contribution in [0, 0.1) is 0 Å². The van der Waals surface area contributed by atoms with Crippen LogP contribution in [0.5, 0.6) is 11.5 Å². The molecule has 0 fully saturated rings. The van der Waals surface area contributed by atoms with Crippen molar-refractivity contribution in [1.29, 1.82) is 0 Å². The molecule has 0 aliphatic rings.